The predicted octanol–water partition coefficient (Wildman–Crippen LogP) is 4.22. The van der Waals surface area contributed by atoms with E-state index < -0.39 is 5.41 Å². The predicted molar refractivity (Wildman–Crippen MR) is 93.9 cm³/mol. The van der Waals surface area contributed by atoms with Crippen molar-refractivity contribution in [2.24, 2.45) is 11.3 Å². The molecule has 1 heterocycles. The van der Waals surface area contributed by atoms with Crippen molar-refractivity contribution in [2.75, 3.05) is 18.4 Å². The van der Waals surface area contributed by atoms with Crippen molar-refractivity contribution in [2.45, 2.75) is 33.6 Å². The van der Waals surface area contributed by atoms with Crippen molar-refractivity contribution in [3.05, 3.63) is 28.2 Å². The number of nitrogens with one attached hydrogen (secondary N) is 1. The van der Waals surface area contributed by atoms with Crippen LogP contribution in [0.2, 0.25) is 10.0 Å². The lowest BCUT2D eigenvalue weighted by Gasteiger charge is -2.35. The van der Waals surface area contributed by atoms with Crippen LogP contribution in [0.4, 0.5) is 5.69 Å². The molecule has 0 saturated carbocycles. The van der Waals surface area contributed by atoms with Crippen LogP contribution in [0.1, 0.15) is 33.6 Å². The highest BCUT2D eigenvalue weighted by atomic mass is 35.5. The van der Waals surface area contributed by atoms with Crippen LogP contribution in [0.25, 0.3) is 0 Å². The molecule has 1 fully saturated rings. The monoisotopic (exact) mass is 356 g/mol. The molecule has 1 aliphatic heterocycles. The number of likely N-dealkylation sites (tertiary alicyclic amines) is 1. The van der Waals surface area contributed by atoms with Gasteiger partial charge in [-0.2, -0.15) is 0 Å². The lowest BCUT2D eigenvalue weighted by atomic mass is 9.88. The molecule has 6 heteroatoms. The van der Waals surface area contributed by atoms with Gasteiger partial charge in [-0.15, -0.1) is 0 Å². The average Bonchev–Trinajstić information content (AvgIpc) is 2.50. The number of halogens is 2. The average molecular weight is 357 g/mol. The number of amides is 2. The Morgan fingerprint density at radius 1 is 1.22 bits per heavy atom. The van der Waals surface area contributed by atoms with Crippen molar-refractivity contribution < 1.29 is 9.59 Å². The molecule has 23 heavy (non-hydrogen) atoms. The first-order chi connectivity index (χ1) is 10.7. The van der Waals surface area contributed by atoms with Gasteiger partial charge in [0.2, 0.25) is 11.8 Å². The van der Waals surface area contributed by atoms with Crippen molar-refractivity contribution in [1.29, 1.82) is 0 Å². The van der Waals surface area contributed by atoms with Gasteiger partial charge in [0.05, 0.1) is 10.7 Å². The Morgan fingerprint density at radius 2 is 1.83 bits per heavy atom. The SMILES string of the molecule is CC1CCN(C(=O)C(C)(C)C(=O)Nc2ccc(Cl)cc2Cl)CC1. The minimum Gasteiger partial charge on any atom is -0.342 e. The molecule has 1 aliphatic rings. The summed E-state index contributed by atoms with van der Waals surface area (Å²) in [5.41, 5.74) is -0.696. The lowest BCUT2D eigenvalue weighted by molar-refractivity contribution is -0.147. The number of carbonyl (C=O) groups is 2. The second-order valence-corrected chi connectivity index (χ2v) is 7.52. The minimum atomic E-state index is -1.15. The van der Waals surface area contributed by atoms with Gasteiger partial charge in [0.1, 0.15) is 5.41 Å². The van der Waals surface area contributed by atoms with Crippen LogP contribution >= 0.6 is 23.2 Å². The Kier molecular flexibility index (Phi) is 5.58. The van der Waals surface area contributed by atoms with Gasteiger partial charge in [-0.25, -0.2) is 0 Å². The summed E-state index contributed by atoms with van der Waals surface area (Å²) in [7, 11) is 0. The normalized spacial score (nSPS) is 16.3. The van der Waals surface area contributed by atoms with E-state index >= 15 is 0 Å². The second-order valence-electron chi connectivity index (χ2n) is 6.68. The highest BCUT2D eigenvalue weighted by Crippen LogP contribution is 2.29. The van der Waals surface area contributed by atoms with Crippen LogP contribution in [0.5, 0.6) is 0 Å². The molecular formula is C17H22Cl2N2O2. The molecule has 2 rings (SSSR count). The van der Waals surface area contributed by atoms with Crippen molar-refractivity contribution in [3.8, 4) is 0 Å². The van der Waals surface area contributed by atoms with Gasteiger partial charge in [-0.05, 0) is 50.8 Å². The maximum atomic E-state index is 12.7. The number of benzene rings is 1. The molecule has 0 spiro atoms. The van der Waals surface area contributed by atoms with E-state index in [9.17, 15) is 9.59 Å². The van der Waals surface area contributed by atoms with E-state index in [1.165, 1.54) is 0 Å². The first-order valence-electron chi connectivity index (χ1n) is 7.77. The number of anilines is 1. The number of piperidine rings is 1. The topological polar surface area (TPSA) is 49.4 Å². The van der Waals surface area contributed by atoms with Crippen molar-refractivity contribution in [3.63, 3.8) is 0 Å². The first-order valence-corrected chi connectivity index (χ1v) is 8.53. The molecule has 4 nitrogen and oxygen atoms in total. The van der Waals surface area contributed by atoms with Crippen LogP contribution in [-0.4, -0.2) is 29.8 Å². The standard InChI is InChI=1S/C17H22Cl2N2O2/c1-11-6-8-21(9-7-11)16(23)17(2,3)15(22)20-14-5-4-12(18)10-13(14)19/h4-5,10-11H,6-9H2,1-3H3,(H,20,22). The van der Waals surface area contributed by atoms with Crippen LogP contribution in [0, 0.1) is 11.3 Å². The third-order valence-electron chi connectivity index (χ3n) is 4.35. The zero-order valence-electron chi connectivity index (χ0n) is 13.7. The van der Waals surface area contributed by atoms with E-state index in [0.29, 0.717) is 34.7 Å². The minimum absolute atomic E-state index is 0.146. The van der Waals surface area contributed by atoms with Gasteiger partial charge in [0.25, 0.3) is 0 Å². The Bertz CT molecular complexity index is 609. The maximum Gasteiger partial charge on any atom is 0.239 e. The van der Waals surface area contributed by atoms with Crippen LogP contribution in [0.15, 0.2) is 18.2 Å². The molecular weight excluding hydrogens is 335 g/mol. The van der Waals surface area contributed by atoms with Gasteiger partial charge in [0, 0.05) is 18.1 Å². The summed E-state index contributed by atoms with van der Waals surface area (Å²) in [6, 6.07) is 4.83. The Labute approximate surface area is 147 Å². The molecule has 0 atom stereocenters. The molecule has 1 aromatic carbocycles. The molecule has 1 saturated heterocycles. The summed E-state index contributed by atoms with van der Waals surface area (Å²) in [5.74, 6) is 0.112. The zero-order valence-corrected chi connectivity index (χ0v) is 15.2. The summed E-state index contributed by atoms with van der Waals surface area (Å²) in [6.45, 7) is 6.89. The van der Waals surface area contributed by atoms with E-state index in [0.717, 1.165) is 12.8 Å². The summed E-state index contributed by atoms with van der Waals surface area (Å²) in [5, 5.41) is 3.57. The van der Waals surface area contributed by atoms with E-state index in [2.05, 4.69) is 12.2 Å². The fourth-order valence-electron chi connectivity index (χ4n) is 2.57. The third kappa shape index (κ3) is 4.18. The molecule has 0 unspecified atom stereocenters. The number of carbonyl (C=O) groups excluding carboxylic acids is 2. The quantitative estimate of drug-likeness (QED) is 0.824. The fourth-order valence-corrected chi connectivity index (χ4v) is 3.03. The molecule has 1 aromatic rings. The molecule has 1 N–H and O–H groups in total. The van der Waals surface area contributed by atoms with E-state index in [4.69, 9.17) is 23.2 Å². The molecule has 126 valence electrons. The number of rotatable bonds is 3. The van der Waals surface area contributed by atoms with Gasteiger partial charge >= 0.3 is 0 Å². The number of hydrogen-bond donors (Lipinski definition) is 1. The van der Waals surface area contributed by atoms with Crippen LogP contribution in [-0.2, 0) is 9.59 Å². The van der Waals surface area contributed by atoms with Crippen molar-refractivity contribution in [1.82, 2.24) is 4.90 Å². The highest BCUT2D eigenvalue weighted by molar-refractivity contribution is 6.36. The van der Waals surface area contributed by atoms with Gasteiger partial charge in [0.15, 0.2) is 0 Å². The largest absolute Gasteiger partial charge is 0.342 e. The van der Waals surface area contributed by atoms with Crippen LogP contribution < -0.4 is 5.32 Å². The lowest BCUT2D eigenvalue weighted by Crippen LogP contribution is -2.49. The van der Waals surface area contributed by atoms with E-state index in [-0.39, 0.29) is 11.8 Å². The van der Waals surface area contributed by atoms with E-state index in [1.54, 1.807) is 36.9 Å². The molecule has 2 amide bonds. The van der Waals surface area contributed by atoms with Gasteiger partial charge < -0.3 is 10.2 Å². The van der Waals surface area contributed by atoms with Crippen LogP contribution in [0.3, 0.4) is 0 Å². The molecule has 0 aliphatic carbocycles. The number of hydrogen-bond acceptors (Lipinski definition) is 2. The summed E-state index contributed by atoms with van der Waals surface area (Å²) in [4.78, 5) is 27.1. The Balaban J connectivity index is 2.08. The summed E-state index contributed by atoms with van der Waals surface area (Å²) >= 11 is 11.9. The zero-order chi connectivity index (χ0) is 17.2. The van der Waals surface area contributed by atoms with Crippen molar-refractivity contribution >= 4 is 40.7 Å². The second kappa shape index (κ2) is 7.10. The van der Waals surface area contributed by atoms with E-state index in [1.807, 2.05) is 0 Å². The Hall–Kier alpha value is -1.26. The fraction of sp³-hybridized carbons (Fsp3) is 0.529. The first kappa shape index (κ1) is 18.1. The molecule has 0 bridgehead atoms. The summed E-state index contributed by atoms with van der Waals surface area (Å²) < 4.78 is 0. The smallest absolute Gasteiger partial charge is 0.239 e. The highest BCUT2D eigenvalue weighted by Gasteiger charge is 2.40. The molecule has 0 aromatic heterocycles. The van der Waals surface area contributed by atoms with Gasteiger partial charge in [-0.1, -0.05) is 30.1 Å². The maximum absolute atomic E-state index is 12.7. The third-order valence-corrected chi connectivity index (χ3v) is 4.90. The molecule has 0 radical (unpaired) electrons. The Morgan fingerprint density at radius 3 is 2.39 bits per heavy atom. The van der Waals surface area contributed by atoms with Gasteiger partial charge in [-0.3, -0.25) is 9.59 Å². The number of nitrogens with zero attached hydrogens (tertiary/aromatic N) is 1. The summed E-state index contributed by atoms with van der Waals surface area (Å²) in [6.07, 6.45) is 1.96.